The van der Waals surface area contributed by atoms with Crippen molar-refractivity contribution in [2.24, 2.45) is 0 Å². The third-order valence-electron chi connectivity index (χ3n) is 5.13. The highest BCUT2D eigenvalue weighted by Gasteiger charge is 2.54. The average Bonchev–Trinajstić information content (AvgIpc) is 3.02. The van der Waals surface area contributed by atoms with Gasteiger partial charge in [-0.1, -0.05) is 0 Å². The van der Waals surface area contributed by atoms with Crippen LogP contribution in [0.4, 0.5) is 10.1 Å². The molecule has 1 atom stereocenters. The minimum atomic E-state index is -1.49. The van der Waals surface area contributed by atoms with Crippen LogP contribution in [-0.2, 0) is 10.5 Å². The molecule has 0 fully saturated rings. The van der Waals surface area contributed by atoms with Gasteiger partial charge in [-0.2, -0.15) is 0 Å². The number of nitrogens with zero attached hydrogens (tertiary/aromatic N) is 2. The van der Waals surface area contributed by atoms with Gasteiger partial charge in [-0.25, -0.2) is 13.9 Å². The van der Waals surface area contributed by atoms with E-state index in [0.717, 1.165) is 17.3 Å². The molecule has 0 amide bonds. The predicted molar refractivity (Wildman–Crippen MR) is 98.1 cm³/mol. The number of amidine groups is 1. The minimum absolute atomic E-state index is 0.196. The van der Waals surface area contributed by atoms with Crippen LogP contribution in [0.25, 0.3) is 0 Å². The monoisotopic (exact) mass is 373 g/mol. The maximum absolute atomic E-state index is 14.8. The molecule has 7 heteroatoms. The van der Waals surface area contributed by atoms with Crippen LogP contribution in [-0.4, -0.2) is 56.0 Å². The Kier molecular flexibility index (Phi) is 4.49. The van der Waals surface area contributed by atoms with E-state index >= 15 is 0 Å². The third-order valence-corrected chi connectivity index (χ3v) is 5.13. The molecule has 2 aromatic rings. The third kappa shape index (κ3) is 2.93. The standard InChI is InChI=1S/C20H22FN2O4/c1-25-15-5-3-14(4-6-15)22-13-20(24,23-9-10-27-12-19(22)23)17-8-7-16(26-2)11-18(17)21/h3-8,11,24H,9-10,12-13H2,1-2H3/q+1/t20-/m0/s1. The lowest BCUT2D eigenvalue weighted by atomic mass is 10.0. The fourth-order valence-electron chi connectivity index (χ4n) is 3.73. The molecule has 2 aliphatic heterocycles. The van der Waals surface area contributed by atoms with Crippen LogP contribution in [0.15, 0.2) is 42.5 Å². The first-order chi connectivity index (χ1) is 13.1. The van der Waals surface area contributed by atoms with Crippen LogP contribution in [0.3, 0.4) is 0 Å². The van der Waals surface area contributed by atoms with Gasteiger partial charge < -0.3 is 19.3 Å². The molecule has 0 aliphatic carbocycles. The number of rotatable bonds is 4. The molecule has 0 saturated heterocycles. The van der Waals surface area contributed by atoms with Crippen molar-refractivity contribution in [1.29, 1.82) is 0 Å². The number of methoxy groups -OCH3 is 2. The Hall–Kier alpha value is -2.64. The Morgan fingerprint density at radius 1 is 1.11 bits per heavy atom. The average molecular weight is 373 g/mol. The summed E-state index contributed by atoms with van der Waals surface area (Å²) in [7, 11) is 3.10. The zero-order chi connectivity index (χ0) is 19.0. The maximum atomic E-state index is 14.8. The lowest BCUT2D eigenvalue weighted by Crippen LogP contribution is -2.44. The lowest BCUT2D eigenvalue weighted by molar-refractivity contribution is -0.664. The van der Waals surface area contributed by atoms with Gasteiger partial charge in [-0.3, -0.25) is 0 Å². The van der Waals surface area contributed by atoms with Gasteiger partial charge in [0.2, 0.25) is 0 Å². The highest BCUT2D eigenvalue weighted by atomic mass is 19.1. The maximum Gasteiger partial charge on any atom is 0.281 e. The molecular formula is C20H22FN2O4+. The predicted octanol–water partition coefficient (Wildman–Crippen LogP) is 1.95. The Labute approximate surface area is 157 Å². The molecule has 0 saturated carbocycles. The van der Waals surface area contributed by atoms with Crippen LogP contribution in [0, 0.1) is 5.82 Å². The fraction of sp³-hybridized carbons (Fsp3) is 0.350. The van der Waals surface area contributed by atoms with Crippen molar-refractivity contribution in [3.05, 3.63) is 53.8 Å². The van der Waals surface area contributed by atoms with Crippen LogP contribution in [0.2, 0.25) is 0 Å². The summed E-state index contributed by atoms with van der Waals surface area (Å²) in [5.41, 5.74) is -0.389. The minimum Gasteiger partial charge on any atom is -0.497 e. The normalized spacial score (nSPS) is 22.0. The summed E-state index contributed by atoms with van der Waals surface area (Å²) in [6.07, 6.45) is 0. The molecule has 0 aromatic heterocycles. The first-order valence-electron chi connectivity index (χ1n) is 8.76. The van der Waals surface area contributed by atoms with E-state index in [0.29, 0.717) is 25.5 Å². The summed E-state index contributed by atoms with van der Waals surface area (Å²) >= 11 is 0. The van der Waals surface area contributed by atoms with Crippen LogP contribution >= 0.6 is 0 Å². The molecule has 6 nitrogen and oxygen atoms in total. The van der Waals surface area contributed by atoms with Crippen molar-refractivity contribution < 1.29 is 28.3 Å². The smallest absolute Gasteiger partial charge is 0.281 e. The molecule has 2 aromatic carbocycles. The number of ether oxygens (including phenoxy) is 3. The number of hydrogen-bond acceptors (Lipinski definition) is 5. The SMILES string of the molecule is COc1ccc(N2C[C@](O)(c3ccc(OC)cc3F)[N+]3=C2COCC3)cc1. The second-order valence-corrected chi connectivity index (χ2v) is 6.57. The number of benzene rings is 2. The fourth-order valence-corrected chi connectivity index (χ4v) is 3.73. The summed E-state index contributed by atoms with van der Waals surface area (Å²) in [4.78, 5) is 1.96. The molecule has 2 heterocycles. The Bertz CT molecular complexity index is 884. The van der Waals surface area contributed by atoms with Gasteiger partial charge >= 0.3 is 0 Å². The van der Waals surface area contributed by atoms with Crippen molar-refractivity contribution in [3.63, 3.8) is 0 Å². The number of hydrogen-bond donors (Lipinski definition) is 1. The molecule has 0 bridgehead atoms. The molecule has 1 N–H and O–H groups in total. The van der Waals surface area contributed by atoms with E-state index in [1.165, 1.54) is 13.2 Å². The van der Waals surface area contributed by atoms with Gasteiger partial charge in [0.25, 0.3) is 11.6 Å². The summed E-state index contributed by atoms with van der Waals surface area (Å²) < 4.78 is 32.5. The van der Waals surface area contributed by atoms with Crippen molar-refractivity contribution >= 4 is 11.5 Å². The number of halogens is 1. The van der Waals surface area contributed by atoms with Gasteiger partial charge in [0, 0.05) is 6.07 Å². The molecule has 0 radical (unpaired) electrons. The molecule has 0 unspecified atom stereocenters. The molecular weight excluding hydrogens is 351 g/mol. The number of anilines is 1. The Balaban J connectivity index is 1.77. The summed E-state index contributed by atoms with van der Waals surface area (Å²) in [6, 6.07) is 12.1. The van der Waals surface area contributed by atoms with Crippen LogP contribution < -0.4 is 14.4 Å². The Morgan fingerprint density at radius 3 is 2.48 bits per heavy atom. The second-order valence-electron chi connectivity index (χ2n) is 6.57. The lowest BCUT2D eigenvalue weighted by Gasteiger charge is -2.25. The van der Waals surface area contributed by atoms with Crippen molar-refractivity contribution in [2.45, 2.75) is 5.72 Å². The number of aliphatic hydroxyl groups is 1. The van der Waals surface area contributed by atoms with Gasteiger partial charge in [0.05, 0.1) is 26.4 Å². The molecule has 27 heavy (non-hydrogen) atoms. The van der Waals surface area contributed by atoms with Crippen LogP contribution in [0.5, 0.6) is 11.5 Å². The zero-order valence-corrected chi connectivity index (χ0v) is 15.3. The van der Waals surface area contributed by atoms with E-state index in [9.17, 15) is 9.50 Å². The van der Waals surface area contributed by atoms with Gasteiger partial charge in [0.1, 0.15) is 36.2 Å². The van der Waals surface area contributed by atoms with Crippen molar-refractivity contribution in [1.82, 2.24) is 0 Å². The van der Waals surface area contributed by atoms with Crippen molar-refractivity contribution in [3.8, 4) is 11.5 Å². The first-order valence-corrected chi connectivity index (χ1v) is 8.76. The van der Waals surface area contributed by atoms with Gasteiger partial charge in [-0.05, 0) is 36.4 Å². The van der Waals surface area contributed by atoms with E-state index in [1.54, 1.807) is 19.2 Å². The van der Waals surface area contributed by atoms with E-state index in [2.05, 4.69) is 0 Å². The summed E-state index contributed by atoms with van der Waals surface area (Å²) in [5.74, 6) is 1.47. The van der Waals surface area contributed by atoms with E-state index in [4.69, 9.17) is 14.2 Å². The quantitative estimate of drug-likeness (QED) is 0.831. The zero-order valence-electron chi connectivity index (χ0n) is 15.3. The van der Waals surface area contributed by atoms with Gasteiger partial charge in [-0.15, -0.1) is 0 Å². The topological polar surface area (TPSA) is 54.2 Å². The second kappa shape index (κ2) is 6.83. The highest BCUT2D eigenvalue weighted by Crippen LogP contribution is 2.36. The first kappa shape index (κ1) is 17.8. The number of β-amino-alcohol motifs (C(OH)–C–C–N with tert-alkyl or cyclic N) is 1. The highest BCUT2D eigenvalue weighted by molar-refractivity contribution is 5.97. The molecule has 4 rings (SSSR count). The van der Waals surface area contributed by atoms with E-state index in [1.807, 2.05) is 33.7 Å². The van der Waals surface area contributed by atoms with E-state index in [-0.39, 0.29) is 12.1 Å². The van der Waals surface area contributed by atoms with Gasteiger partial charge in [0.15, 0.2) is 6.54 Å². The largest absolute Gasteiger partial charge is 0.497 e. The summed E-state index contributed by atoms with van der Waals surface area (Å²) in [5, 5.41) is 11.5. The van der Waals surface area contributed by atoms with E-state index < -0.39 is 11.5 Å². The van der Waals surface area contributed by atoms with Crippen molar-refractivity contribution in [2.75, 3.05) is 45.4 Å². The summed E-state index contributed by atoms with van der Waals surface area (Å²) in [6.45, 7) is 1.50. The molecule has 0 spiro atoms. The van der Waals surface area contributed by atoms with Crippen LogP contribution in [0.1, 0.15) is 5.56 Å². The molecule has 142 valence electrons. The molecule has 2 aliphatic rings. The Morgan fingerprint density at radius 2 is 1.81 bits per heavy atom.